The molecule has 1 aliphatic heterocycles. The van der Waals surface area contributed by atoms with Gasteiger partial charge in [0.2, 0.25) is 5.91 Å². The molecule has 1 saturated heterocycles. The van der Waals surface area contributed by atoms with E-state index in [-0.39, 0.29) is 11.8 Å². The summed E-state index contributed by atoms with van der Waals surface area (Å²) in [5.74, 6) is 0.850. The minimum absolute atomic E-state index is 0.0806. The van der Waals surface area contributed by atoms with Crippen molar-refractivity contribution in [3.05, 3.63) is 65.2 Å². The highest BCUT2D eigenvalue weighted by molar-refractivity contribution is 5.94. The fraction of sp³-hybridized carbons (Fsp3) is 0.375. The van der Waals surface area contributed by atoms with E-state index in [1.807, 2.05) is 53.4 Å². The number of hydrogen-bond acceptors (Lipinski definition) is 3. The summed E-state index contributed by atoms with van der Waals surface area (Å²) in [5.41, 5.74) is 3.84. The zero-order valence-electron chi connectivity index (χ0n) is 18.3. The lowest BCUT2D eigenvalue weighted by Gasteiger charge is -2.26. The van der Waals surface area contributed by atoms with Crippen LogP contribution in [-0.4, -0.2) is 45.0 Å². The molecule has 0 radical (unpaired) electrons. The van der Waals surface area contributed by atoms with Gasteiger partial charge in [-0.25, -0.2) is 0 Å². The maximum absolute atomic E-state index is 12.1. The molecule has 0 saturated carbocycles. The molecule has 1 fully saturated rings. The van der Waals surface area contributed by atoms with Gasteiger partial charge in [-0.2, -0.15) is 0 Å². The van der Waals surface area contributed by atoms with E-state index in [1.165, 1.54) is 0 Å². The average molecular weight is 422 g/mol. The van der Waals surface area contributed by atoms with E-state index in [4.69, 9.17) is 0 Å². The monoisotopic (exact) mass is 421 g/mol. The largest absolute Gasteiger partial charge is 0.356 e. The van der Waals surface area contributed by atoms with Crippen molar-refractivity contribution in [2.75, 3.05) is 32.1 Å². The molecule has 3 N–H and O–H groups in total. The minimum Gasteiger partial charge on any atom is -0.356 e. The molecule has 0 aromatic heterocycles. The van der Waals surface area contributed by atoms with E-state index in [1.54, 1.807) is 14.1 Å². The fourth-order valence-electron chi connectivity index (χ4n) is 3.62. The SMILES string of the molecule is CN=C(NCCc1cccc(C(=O)NC)c1)NCc1ccc(N2CCCCC2=O)cc1. The predicted molar refractivity (Wildman–Crippen MR) is 124 cm³/mol. The standard InChI is InChI=1S/C24H31N5O2/c1-25-23(31)20-7-5-6-18(16-20)13-14-27-24(26-2)28-17-19-9-11-21(12-10-19)29-15-4-3-8-22(29)30/h5-7,9-12,16H,3-4,8,13-15,17H2,1-2H3,(H,25,31)(H2,26,27,28). The Hall–Kier alpha value is -3.35. The van der Waals surface area contributed by atoms with Gasteiger partial charge in [0, 0.05) is 51.4 Å². The summed E-state index contributed by atoms with van der Waals surface area (Å²) in [5, 5.41) is 9.26. The Bertz CT molecular complexity index is 924. The summed E-state index contributed by atoms with van der Waals surface area (Å²) in [6.07, 6.45) is 3.47. The molecule has 0 bridgehead atoms. The smallest absolute Gasteiger partial charge is 0.251 e. The molecule has 7 nitrogen and oxygen atoms in total. The number of hydrogen-bond donors (Lipinski definition) is 3. The zero-order valence-corrected chi connectivity index (χ0v) is 18.3. The predicted octanol–water partition coefficient (Wildman–Crippen LogP) is 2.47. The maximum atomic E-state index is 12.1. The molecule has 2 aromatic rings. The minimum atomic E-state index is -0.0806. The van der Waals surface area contributed by atoms with Gasteiger partial charge in [-0.05, 0) is 54.7 Å². The van der Waals surface area contributed by atoms with E-state index in [0.29, 0.717) is 25.1 Å². The van der Waals surface area contributed by atoms with Gasteiger partial charge in [-0.15, -0.1) is 0 Å². The van der Waals surface area contributed by atoms with Crippen molar-refractivity contribution < 1.29 is 9.59 Å². The number of guanidine groups is 1. The third-order valence-electron chi connectivity index (χ3n) is 5.38. The van der Waals surface area contributed by atoms with Gasteiger partial charge >= 0.3 is 0 Å². The normalized spacial score (nSPS) is 14.3. The number of aliphatic imine (C=N–C) groups is 1. The molecule has 0 aliphatic carbocycles. The number of piperidine rings is 1. The molecular formula is C24H31N5O2. The van der Waals surface area contributed by atoms with Gasteiger partial charge in [-0.3, -0.25) is 14.6 Å². The number of benzene rings is 2. The lowest BCUT2D eigenvalue weighted by Crippen LogP contribution is -2.38. The Morgan fingerprint density at radius 3 is 2.58 bits per heavy atom. The number of carbonyl (C=O) groups excluding carboxylic acids is 2. The van der Waals surface area contributed by atoms with E-state index < -0.39 is 0 Å². The first-order chi connectivity index (χ1) is 15.1. The Labute approximate surface area is 183 Å². The summed E-state index contributed by atoms with van der Waals surface area (Å²) in [7, 11) is 3.37. The number of anilines is 1. The summed E-state index contributed by atoms with van der Waals surface area (Å²) < 4.78 is 0. The Balaban J connectivity index is 1.46. The van der Waals surface area contributed by atoms with Crippen LogP contribution in [0, 0.1) is 0 Å². The first kappa shape index (κ1) is 22.3. The van der Waals surface area contributed by atoms with Crippen LogP contribution in [-0.2, 0) is 17.8 Å². The average Bonchev–Trinajstić information content (AvgIpc) is 2.81. The van der Waals surface area contributed by atoms with Gasteiger partial charge in [-0.1, -0.05) is 24.3 Å². The van der Waals surface area contributed by atoms with Gasteiger partial charge in [0.1, 0.15) is 0 Å². The molecule has 0 spiro atoms. The van der Waals surface area contributed by atoms with Crippen LogP contribution in [0.2, 0.25) is 0 Å². The van der Waals surface area contributed by atoms with Crippen LogP contribution in [0.5, 0.6) is 0 Å². The molecule has 3 rings (SSSR count). The summed E-state index contributed by atoms with van der Waals surface area (Å²) in [6.45, 7) is 2.14. The molecule has 164 valence electrons. The van der Waals surface area contributed by atoms with E-state index in [9.17, 15) is 9.59 Å². The number of carbonyl (C=O) groups is 2. The number of nitrogens with one attached hydrogen (secondary N) is 3. The van der Waals surface area contributed by atoms with Gasteiger partial charge in [0.25, 0.3) is 5.91 Å². The van der Waals surface area contributed by atoms with Crippen molar-refractivity contribution >= 4 is 23.5 Å². The zero-order chi connectivity index (χ0) is 22.1. The molecule has 31 heavy (non-hydrogen) atoms. The van der Waals surface area contributed by atoms with Crippen LogP contribution in [0.3, 0.4) is 0 Å². The van der Waals surface area contributed by atoms with Crippen molar-refractivity contribution in [1.82, 2.24) is 16.0 Å². The van der Waals surface area contributed by atoms with Crippen molar-refractivity contribution in [2.24, 2.45) is 4.99 Å². The highest BCUT2D eigenvalue weighted by Gasteiger charge is 2.19. The van der Waals surface area contributed by atoms with E-state index >= 15 is 0 Å². The van der Waals surface area contributed by atoms with Crippen molar-refractivity contribution in [2.45, 2.75) is 32.2 Å². The first-order valence-electron chi connectivity index (χ1n) is 10.8. The highest BCUT2D eigenvalue weighted by atomic mass is 16.2. The third-order valence-corrected chi connectivity index (χ3v) is 5.38. The molecule has 7 heteroatoms. The second-order valence-corrected chi connectivity index (χ2v) is 7.55. The molecule has 2 amide bonds. The number of nitrogens with zero attached hydrogens (tertiary/aromatic N) is 2. The molecule has 0 atom stereocenters. The van der Waals surface area contributed by atoms with Crippen LogP contribution < -0.4 is 20.9 Å². The van der Waals surface area contributed by atoms with Crippen LogP contribution in [0.1, 0.15) is 40.7 Å². The van der Waals surface area contributed by atoms with Gasteiger partial charge in [0.05, 0.1) is 0 Å². The topological polar surface area (TPSA) is 85.8 Å². The summed E-state index contributed by atoms with van der Waals surface area (Å²) >= 11 is 0. The summed E-state index contributed by atoms with van der Waals surface area (Å²) in [6, 6.07) is 15.7. The van der Waals surface area contributed by atoms with Gasteiger partial charge < -0.3 is 20.9 Å². The molecule has 2 aromatic carbocycles. The molecule has 0 unspecified atom stereocenters. The highest BCUT2D eigenvalue weighted by Crippen LogP contribution is 2.21. The Morgan fingerprint density at radius 2 is 1.87 bits per heavy atom. The second-order valence-electron chi connectivity index (χ2n) is 7.55. The quantitative estimate of drug-likeness (QED) is 0.474. The summed E-state index contributed by atoms with van der Waals surface area (Å²) in [4.78, 5) is 30.0. The molecular weight excluding hydrogens is 390 g/mol. The van der Waals surface area contributed by atoms with Crippen LogP contribution >= 0.6 is 0 Å². The number of rotatable bonds is 7. The first-order valence-corrected chi connectivity index (χ1v) is 10.8. The van der Waals surface area contributed by atoms with Gasteiger partial charge in [0.15, 0.2) is 5.96 Å². The van der Waals surface area contributed by atoms with Crippen molar-refractivity contribution in [3.63, 3.8) is 0 Å². The third kappa shape index (κ3) is 6.31. The fourth-order valence-corrected chi connectivity index (χ4v) is 3.62. The molecule has 1 heterocycles. The molecule has 1 aliphatic rings. The van der Waals surface area contributed by atoms with Crippen LogP contribution in [0.15, 0.2) is 53.5 Å². The Kier molecular flexibility index (Phi) is 8.04. The second kappa shape index (κ2) is 11.2. The maximum Gasteiger partial charge on any atom is 0.251 e. The number of amides is 2. The van der Waals surface area contributed by atoms with Crippen molar-refractivity contribution in [3.8, 4) is 0 Å². The Morgan fingerprint density at radius 1 is 1.06 bits per heavy atom. The van der Waals surface area contributed by atoms with Crippen molar-refractivity contribution in [1.29, 1.82) is 0 Å². The lowest BCUT2D eigenvalue weighted by molar-refractivity contribution is -0.119. The van der Waals surface area contributed by atoms with Crippen LogP contribution in [0.4, 0.5) is 5.69 Å². The van der Waals surface area contributed by atoms with E-state index in [2.05, 4.69) is 20.9 Å². The van der Waals surface area contributed by atoms with E-state index in [0.717, 1.165) is 48.6 Å². The van der Waals surface area contributed by atoms with Crippen LogP contribution in [0.25, 0.3) is 0 Å². The lowest BCUT2D eigenvalue weighted by atomic mass is 10.1.